The molecule has 1 aromatic heterocycles. The topological polar surface area (TPSA) is 73.1 Å². The van der Waals surface area contributed by atoms with Crippen molar-refractivity contribution in [1.29, 1.82) is 0 Å². The molecule has 0 aliphatic rings. The van der Waals surface area contributed by atoms with Crippen LogP contribution in [0.3, 0.4) is 0 Å². The second kappa shape index (κ2) is 5.89. The van der Waals surface area contributed by atoms with Crippen LogP contribution in [-0.4, -0.2) is 21.6 Å². The third-order valence-corrected chi connectivity index (χ3v) is 3.18. The van der Waals surface area contributed by atoms with Crippen molar-refractivity contribution in [2.45, 2.75) is 59.1 Å². The molecule has 102 valence electrons. The summed E-state index contributed by atoms with van der Waals surface area (Å²) in [6.07, 6.45) is 3.50. The number of hydrogen-bond donors (Lipinski definition) is 2. The van der Waals surface area contributed by atoms with Gasteiger partial charge in [0.2, 0.25) is 5.88 Å². The SMILES string of the molecule is CCC(C)(CC)Nc1ncnc(OC(C)C)c1N. The molecule has 18 heavy (non-hydrogen) atoms. The van der Waals surface area contributed by atoms with Gasteiger partial charge in [0.1, 0.15) is 12.0 Å². The Morgan fingerprint density at radius 3 is 2.44 bits per heavy atom. The van der Waals surface area contributed by atoms with E-state index in [0.717, 1.165) is 12.8 Å². The predicted molar refractivity (Wildman–Crippen MR) is 74.8 cm³/mol. The van der Waals surface area contributed by atoms with Gasteiger partial charge >= 0.3 is 0 Å². The Balaban J connectivity index is 2.96. The van der Waals surface area contributed by atoms with Crippen molar-refractivity contribution < 1.29 is 4.74 Å². The van der Waals surface area contributed by atoms with E-state index in [1.165, 1.54) is 6.33 Å². The first-order valence-electron chi connectivity index (χ1n) is 6.47. The minimum Gasteiger partial charge on any atom is -0.473 e. The molecular weight excluding hydrogens is 228 g/mol. The minimum absolute atomic E-state index is 0.0163. The van der Waals surface area contributed by atoms with E-state index < -0.39 is 0 Å². The van der Waals surface area contributed by atoms with Gasteiger partial charge in [-0.2, -0.15) is 4.98 Å². The lowest BCUT2D eigenvalue weighted by atomic mass is 9.95. The Morgan fingerprint density at radius 1 is 1.33 bits per heavy atom. The van der Waals surface area contributed by atoms with Crippen LogP contribution in [0.25, 0.3) is 0 Å². The first-order chi connectivity index (χ1) is 8.41. The van der Waals surface area contributed by atoms with Gasteiger partial charge in [-0.05, 0) is 33.6 Å². The maximum Gasteiger partial charge on any atom is 0.242 e. The van der Waals surface area contributed by atoms with Gasteiger partial charge in [-0.3, -0.25) is 0 Å². The molecule has 0 aliphatic carbocycles. The highest BCUT2D eigenvalue weighted by Crippen LogP contribution is 2.29. The Morgan fingerprint density at radius 2 is 1.94 bits per heavy atom. The lowest BCUT2D eigenvalue weighted by molar-refractivity contribution is 0.234. The quantitative estimate of drug-likeness (QED) is 0.814. The maximum atomic E-state index is 6.04. The Kier molecular flexibility index (Phi) is 4.76. The molecule has 0 unspecified atom stereocenters. The van der Waals surface area contributed by atoms with Crippen molar-refractivity contribution in [2.24, 2.45) is 0 Å². The second-order valence-corrected chi connectivity index (χ2v) is 5.00. The van der Waals surface area contributed by atoms with Gasteiger partial charge in [0.05, 0.1) is 6.10 Å². The highest BCUT2D eigenvalue weighted by atomic mass is 16.5. The van der Waals surface area contributed by atoms with E-state index in [-0.39, 0.29) is 11.6 Å². The molecule has 0 atom stereocenters. The first-order valence-corrected chi connectivity index (χ1v) is 6.47. The van der Waals surface area contributed by atoms with Crippen molar-refractivity contribution in [2.75, 3.05) is 11.1 Å². The third-order valence-electron chi connectivity index (χ3n) is 3.18. The highest BCUT2D eigenvalue weighted by molar-refractivity contribution is 5.67. The van der Waals surface area contributed by atoms with E-state index >= 15 is 0 Å². The fourth-order valence-electron chi connectivity index (χ4n) is 1.51. The number of anilines is 2. The molecule has 0 radical (unpaired) electrons. The largest absolute Gasteiger partial charge is 0.473 e. The standard InChI is InChI=1S/C13H24N4O/c1-6-13(5,7-2)17-11-10(14)12(16-8-15-11)18-9(3)4/h8-9H,6-7,14H2,1-5H3,(H,15,16,17). The average Bonchev–Trinajstić information content (AvgIpc) is 2.33. The van der Waals surface area contributed by atoms with Crippen LogP contribution in [0.4, 0.5) is 11.5 Å². The molecule has 0 aromatic carbocycles. The molecule has 0 bridgehead atoms. The number of nitrogens with one attached hydrogen (secondary N) is 1. The normalized spacial score (nSPS) is 11.7. The van der Waals surface area contributed by atoms with E-state index in [1.807, 2.05) is 13.8 Å². The van der Waals surface area contributed by atoms with Crippen LogP contribution < -0.4 is 15.8 Å². The first kappa shape index (κ1) is 14.5. The van der Waals surface area contributed by atoms with E-state index in [0.29, 0.717) is 17.4 Å². The molecule has 5 heteroatoms. The van der Waals surface area contributed by atoms with Crippen molar-refractivity contribution in [3.63, 3.8) is 0 Å². The van der Waals surface area contributed by atoms with Gasteiger partial charge in [-0.25, -0.2) is 4.98 Å². The lowest BCUT2D eigenvalue weighted by Crippen LogP contribution is -2.33. The van der Waals surface area contributed by atoms with E-state index in [9.17, 15) is 0 Å². The second-order valence-electron chi connectivity index (χ2n) is 5.00. The van der Waals surface area contributed by atoms with Gasteiger partial charge in [-0.1, -0.05) is 13.8 Å². The average molecular weight is 252 g/mol. The molecule has 0 amide bonds. The van der Waals surface area contributed by atoms with Crippen LogP contribution in [0.15, 0.2) is 6.33 Å². The molecule has 0 fully saturated rings. The summed E-state index contributed by atoms with van der Waals surface area (Å²) in [5, 5.41) is 3.38. The molecule has 0 saturated carbocycles. The molecule has 1 heterocycles. The number of rotatable bonds is 6. The summed E-state index contributed by atoms with van der Waals surface area (Å²) in [4.78, 5) is 8.26. The molecule has 1 aromatic rings. The Labute approximate surface area is 109 Å². The molecule has 1 rings (SSSR count). The maximum absolute atomic E-state index is 6.04. The van der Waals surface area contributed by atoms with Crippen molar-refractivity contribution in [3.8, 4) is 5.88 Å². The van der Waals surface area contributed by atoms with Crippen LogP contribution in [0.5, 0.6) is 5.88 Å². The molecule has 5 nitrogen and oxygen atoms in total. The van der Waals surface area contributed by atoms with Crippen LogP contribution in [-0.2, 0) is 0 Å². The summed E-state index contributed by atoms with van der Waals surface area (Å²) in [5.74, 6) is 1.09. The van der Waals surface area contributed by atoms with E-state index in [4.69, 9.17) is 10.5 Å². The van der Waals surface area contributed by atoms with Crippen LogP contribution >= 0.6 is 0 Å². The van der Waals surface area contributed by atoms with Gasteiger partial charge in [0.15, 0.2) is 5.82 Å². The number of ether oxygens (including phenoxy) is 1. The van der Waals surface area contributed by atoms with Crippen LogP contribution in [0.2, 0.25) is 0 Å². The van der Waals surface area contributed by atoms with Gasteiger partial charge in [-0.15, -0.1) is 0 Å². The lowest BCUT2D eigenvalue weighted by Gasteiger charge is -2.29. The Bertz CT molecular complexity index is 389. The molecule has 3 N–H and O–H groups in total. The van der Waals surface area contributed by atoms with Crippen LogP contribution in [0, 0.1) is 0 Å². The van der Waals surface area contributed by atoms with E-state index in [2.05, 4.69) is 36.1 Å². The zero-order valence-electron chi connectivity index (χ0n) is 11.9. The number of nitrogen functional groups attached to an aromatic ring is 1. The zero-order chi connectivity index (χ0) is 13.8. The number of aromatic nitrogens is 2. The molecule has 0 saturated heterocycles. The predicted octanol–water partition coefficient (Wildman–Crippen LogP) is 2.84. The molecule has 0 spiro atoms. The highest BCUT2D eigenvalue weighted by Gasteiger charge is 2.22. The minimum atomic E-state index is -0.0163. The number of nitrogens with two attached hydrogens (primary N) is 1. The monoisotopic (exact) mass is 252 g/mol. The summed E-state index contributed by atoms with van der Waals surface area (Å²) in [7, 11) is 0. The zero-order valence-corrected chi connectivity index (χ0v) is 11.9. The van der Waals surface area contributed by atoms with Crippen molar-refractivity contribution in [3.05, 3.63) is 6.33 Å². The summed E-state index contributed by atoms with van der Waals surface area (Å²) in [5.41, 5.74) is 6.49. The summed E-state index contributed by atoms with van der Waals surface area (Å²) in [6.45, 7) is 10.3. The van der Waals surface area contributed by atoms with Crippen molar-refractivity contribution in [1.82, 2.24) is 9.97 Å². The van der Waals surface area contributed by atoms with Gasteiger partial charge in [0.25, 0.3) is 0 Å². The third kappa shape index (κ3) is 3.48. The molecule has 0 aliphatic heterocycles. The van der Waals surface area contributed by atoms with E-state index in [1.54, 1.807) is 0 Å². The summed E-state index contributed by atoms with van der Waals surface area (Å²) in [6, 6.07) is 0. The fraction of sp³-hybridized carbons (Fsp3) is 0.692. The molecular formula is C13H24N4O. The summed E-state index contributed by atoms with van der Waals surface area (Å²) >= 11 is 0. The summed E-state index contributed by atoms with van der Waals surface area (Å²) < 4.78 is 5.55. The number of nitrogens with zero attached hydrogens (tertiary/aromatic N) is 2. The van der Waals surface area contributed by atoms with Crippen LogP contribution in [0.1, 0.15) is 47.5 Å². The Hall–Kier alpha value is -1.52. The number of hydrogen-bond acceptors (Lipinski definition) is 5. The van der Waals surface area contributed by atoms with Gasteiger partial charge in [0, 0.05) is 5.54 Å². The fourth-order valence-corrected chi connectivity index (χ4v) is 1.51. The smallest absolute Gasteiger partial charge is 0.242 e. The van der Waals surface area contributed by atoms with Crippen molar-refractivity contribution >= 4 is 11.5 Å². The van der Waals surface area contributed by atoms with Gasteiger partial charge < -0.3 is 15.8 Å².